The number of aliphatic hydroxyl groups is 4. The van der Waals surface area contributed by atoms with Gasteiger partial charge >= 0.3 is 17.9 Å². The Bertz CT molecular complexity index is 957. The molecule has 170 valence electrons. The standard InChI is InChI=1S/C20H24O11/c1-5-12(24)28-11-8(22)18-10-6(21)7(16(2,3)4)17(18)9(23)13(25)30-15(17)31-20(18,14(26)29-10)19(5,11)27/h5-11,15,21-23,27H,1-4H3/t5-,6+,7+,8+,9+,10-,11+,15+,17-,18-,19-,20-/m0/s1. The number of fused-ring (bicyclic) bond motifs is 1. The molecule has 6 fully saturated rings. The zero-order valence-electron chi connectivity index (χ0n) is 17.3. The number of carbonyl (C=O) groups excluding carboxylic acids is 3. The van der Waals surface area contributed by atoms with E-state index in [4.69, 9.17) is 18.9 Å². The van der Waals surface area contributed by atoms with E-state index in [0.29, 0.717) is 0 Å². The molecule has 2 aliphatic carbocycles. The SMILES string of the molecule is C[C@H]1C(=O)O[C@@H]2[C@@H](O)[C@@]34[C@H]5OC(=O)[C@@]3(O[C@H]3OC(=O)[C@@H](O)[C@@]34[C@@H](C(C)(C)C)[C@H]5O)[C@@]21O. The van der Waals surface area contributed by atoms with Crippen molar-refractivity contribution >= 4 is 17.9 Å². The molecule has 31 heavy (non-hydrogen) atoms. The molecule has 4 N–H and O–H groups in total. The van der Waals surface area contributed by atoms with Gasteiger partial charge in [0.25, 0.3) is 0 Å². The van der Waals surface area contributed by atoms with Gasteiger partial charge in [0.15, 0.2) is 17.8 Å². The van der Waals surface area contributed by atoms with Crippen LogP contribution in [0, 0.1) is 28.1 Å². The van der Waals surface area contributed by atoms with E-state index in [2.05, 4.69) is 0 Å². The number of ether oxygens (including phenoxy) is 4. The summed E-state index contributed by atoms with van der Waals surface area (Å²) in [6.07, 6.45) is -9.69. The number of esters is 3. The predicted octanol–water partition coefficient (Wildman–Crippen LogP) is -2.40. The lowest BCUT2D eigenvalue weighted by molar-refractivity contribution is -0.240. The Kier molecular flexibility index (Phi) is 3.15. The largest absolute Gasteiger partial charge is 0.456 e. The van der Waals surface area contributed by atoms with Crippen LogP contribution >= 0.6 is 0 Å². The monoisotopic (exact) mass is 440 g/mol. The fraction of sp³-hybridized carbons (Fsp3) is 0.850. The normalized spacial score (nSPS) is 61.0. The van der Waals surface area contributed by atoms with Gasteiger partial charge in [0.05, 0.1) is 22.9 Å². The molecule has 4 saturated heterocycles. The highest BCUT2D eigenvalue weighted by molar-refractivity contribution is 5.94. The summed E-state index contributed by atoms with van der Waals surface area (Å²) >= 11 is 0. The van der Waals surface area contributed by atoms with Gasteiger partial charge < -0.3 is 39.4 Å². The summed E-state index contributed by atoms with van der Waals surface area (Å²) in [7, 11) is 0. The minimum absolute atomic E-state index is 0.792. The molecule has 11 heteroatoms. The van der Waals surface area contributed by atoms with E-state index in [9.17, 15) is 34.8 Å². The van der Waals surface area contributed by atoms with Gasteiger partial charge in [-0.05, 0) is 12.3 Å². The van der Waals surface area contributed by atoms with Gasteiger partial charge in [-0.15, -0.1) is 0 Å². The first-order valence-corrected chi connectivity index (χ1v) is 10.3. The van der Waals surface area contributed by atoms with Gasteiger partial charge in [0, 0.05) is 5.92 Å². The van der Waals surface area contributed by atoms with Gasteiger partial charge in [-0.1, -0.05) is 20.8 Å². The van der Waals surface area contributed by atoms with Crippen molar-refractivity contribution in [2.75, 3.05) is 0 Å². The maximum absolute atomic E-state index is 13.4. The van der Waals surface area contributed by atoms with E-state index in [1.807, 2.05) is 0 Å². The number of rotatable bonds is 0. The first-order valence-electron chi connectivity index (χ1n) is 10.3. The second-order valence-electron chi connectivity index (χ2n) is 10.8. The van der Waals surface area contributed by atoms with Crippen molar-refractivity contribution in [1.29, 1.82) is 0 Å². The Morgan fingerprint density at radius 1 is 0.935 bits per heavy atom. The summed E-state index contributed by atoms with van der Waals surface area (Å²) in [6, 6.07) is 0. The lowest BCUT2D eigenvalue weighted by Gasteiger charge is -2.47. The number of hydrogen-bond acceptors (Lipinski definition) is 11. The summed E-state index contributed by atoms with van der Waals surface area (Å²) in [5.74, 6) is -5.22. The minimum atomic E-state index is -2.40. The Morgan fingerprint density at radius 3 is 2.19 bits per heavy atom. The number of aliphatic hydroxyl groups excluding tert-OH is 3. The van der Waals surface area contributed by atoms with Crippen molar-refractivity contribution in [3.05, 3.63) is 0 Å². The highest BCUT2D eigenvalue weighted by Gasteiger charge is 3.05. The topological polar surface area (TPSA) is 169 Å². The van der Waals surface area contributed by atoms with Crippen molar-refractivity contribution in [2.24, 2.45) is 28.1 Å². The second-order valence-corrected chi connectivity index (χ2v) is 10.8. The molecule has 11 nitrogen and oxygen atoms in total. The summed E-state index contributed by atoms with van der Waals surface area (Å²) in [5.41, 5.74) is -9.40. The van der Waals surface area contributed by atoms with Crippen molar-refractivity contribution in [3.8, 4) is 0 Å². The first kappa shape index (κ1) is 19.9. The smallest absolute Gasteiger partial charge is 0.343 e. The summed E-state index contributed by atoms with van der Waals surface area (Å²) < 4.78 is 22.2. The average Bonchev–Trinajstić information content (AvgIpc) is 3.35. The van der Waals surface area contributed by atoms with Crippen LogP contribution in [0.25, 0.3) is 0 Å². The summed E-state index contributed by atoms with van der Waals surface area (Å²) in [6.45, 7) is 6.63. The van der Waals surface area contributed by atoms with Crippen LogP contribution in [-0.4, -0.2) is 86.3 Å². The number of hydrogen-bond donors (Lipinski definition) is 4. The lowest BCUT2D eigenvalue weighted by Crippen LogP contribution is -2.67. The number of carbonyl (C=O) groups is 3. The fourth-order valence-electron chi connectivity index (χ4n) is 8.27. The molecule has 4 aliphatic heterocycles. The van der Waals surface area contributed by atoms with E-state index in [1.54, 1.807) is 20.8 Å². The second kappa shape index (κ2) is 4.91. The zero-order chi connectivity index (χ0) is 22.7. The van der Waals surface area contributed by atoms with Crippen LogP contribution in [0.5, 0.6) is 0 Å². The fourth-order valence-corrected chi connectivity index (χ4v) is 8.27. The molecular formula is C20H24O11. The van der Waals surface area contributed by atoms with Crippen molar-refractivity contribution in [1.82, 2.24) is 0 Å². The van der Waals surface area contributed by atoms with E-state index in [-0.39, 0.29) is 0 Å². The van der Waals surface area contributed by atoms with Gasteiger partial charge in [0.2, 0.25) is 11.9 Å². The molecule has 0 amide bonds. The van der Waals surface area contributed by atoms with Crippen LogP contribution in [0.15, 0.2) is 0 Å². The van der Waals surface area contributed by atoms with Crippen LogP contribution in [-0.2, 0) is 33.3 Å². The van der Waals surface area contributed by atoms with Crippen LogP contribution in [0.3, 0.4) is 0 Å². The van der Waals surface area contributed by atoms with Crippen LogP contribution in [0.4, 0.5) is 0 Å². The van der Waals surface area contributed by atoms with Gasteiger partial charge in [0.1, 0.15) is 12.2 Å². The van der Waals surface area contributed by atoms with Crippen LogP contribution in [0.1, 0.15) is 27.7 Å². The summed E-state index contributed by atoms with van der Waals surface area (Å²) in [4.78, 5) is 38.3. The highest BCUT2D eigenvalue weighted by atomic mass is 16.8. The molecule has 0 aromatic rings. The van der Waals surface area contributed by atoms with Crippen molar-refractivity contribution in [3.63, 3.8) is 0 Å². The molecule has 0 unspecified atom stereocenters. The molecular weight excluding hydrogens is 416 g/mol. The van der Waals surface area contributed by atoms with Crippen LogP contribution < -0.4 is 0 Å². The third-order valence-corrected chi connectivity index (χ3v) is 8.95. The molecule has 0 aromatic heterocycles. The molecule has 2 saturated carbocycles. The molecule has 6 rings (SSSR count). The Hall–Kier alpha value is -1.79. The van der Waals surface area contributed by atoms with Crippen LogP contribution in [0.2, 0.25) is 0 Å². The molecule has 0 bridgehead atoms. The third-order valence-electron chi connectivity index (χ3n) is 8.95. The summed E-state index contributed by atoms with van der Waals surface area (Å²) in [5, 5.41) is 46.1. The van der Waals surface area contributed by atoms with E-state index >= 15 is 0 Å². The van der Waals surface area contributed by atoms with Crippen molar-refractivity contribution in [2.45, 2.75) is 75.7 Å². The molecule has 0 aromatic carbocycles. The third kappa shape index (κ3) is 1.43. The van der Waals surface area contributed by atoms with E-state index < -0.39 is 94.0 Å². The Labute approximate surface area is 176 Å². The average molecular weight is 440 g/mol. The predicted molar refractivity (Wildman–Crippen MR) is 93.4 cm³/mol. The highest BCUT2D eigenvalue weighted by Crippen LogP contribution is 2.84. The minimum Gasteiger partial charge on any atom is -0.456 e. The Morgan fingerprint density at radius 2 is 1.58 bits per heavy atom. The molecule has 2 spiro atoms. The quantitative estimate of drug-likeness (QED) is 0.234. The van der Waals surface area contributed by atoms with E-state index in [1.165, 1.54) is 6.92 Å². The molecule has 6 aliphatic rings. The lowest BCUT2D eigenvalue weighted by atomic mass is 9.51. The molecule has 12 atom stereocenters. The maximum Gasteiger partial charge on any atom is 0.343 e. The van der Waals surface area contributed by atoms with Gasteiger partial charge in [-0.2, -0.15) is 0 Å². The first-order chi connectivity index (χ1) is 14.3. The zero-order valence-corrected chi connectivity index (χ0v) is 17.3. The Balaban J connectivity index is 1.75. The molecule has 4 heterocycles. The van der Waals surface area contributed by atoms with Crippen molar-refractivity contribution < 1.29 is 53.8 Å². The van der Waals surface area contributed by atoms with Gasteiger partial charge in [-0.3, -0.25) is 4.79 Å². The van der Waals surface area contributed by atoms with E-state index in [0.717, 1.165) is 0 Å². The maximum atomic E-state index is 13.4. The molecule has 0 radical (unpaired) electrons. The van der Waals surface area contributed by atoms with Gasteiger partial charge in [-0.25, -0.2) is 9.59 Å².